The Kier molecular flexibility index (Phi) is 6.98. The van der Waals surface area contributed by atoms with Crippen molar-refractivity contribution in [3.8, 4) is 17.2 Å². The van der Waals surface area contributed by atoms with Gasteiger partial charge in [-0.05, 0) is 12.1 Å². The molecule has 0 bridgehead atoms. The molecule has 1 amide bonds. The molecule has 0 saturated heterocycles. The summed E-state index contributed by atoms with van der Waals surface area (Å²) in [5.74, 6) is 0.316. The summed E-state index contributed by atoms with van der Waals surface area (Å²) in [6.45, 7) is -0.488. The van der Waals surface area contributed by atoms with Crippen LogP contribution in [-0.2, 0) is 14.8 Å². The third-order valence-corrected chi connectivity index (χ3v) is 5.21. The molecule has 2 rings (SSSR count). The minimum atomic E-state index is -3.83. The number of hydrogen-bond acceptors (Lipinski definition) is 6. The summed E-state index contributed by atoms with van der Waals surface area (Å²) in [6.07, 6.45) is 0.990. The fourth-order valence-electron chi connectivity index (χ4n) is 2.49. The van der Waals surface area contributed by atoms with Crippen molar-refractivity contribution < 1.29 is 27.4 Å². The summed E-state index contributed by atoms with van der Waals surface area (Å²) >= 11 is 6.08. The van der Waals surface area contributed by atoms with Crippen LogP contribution in [-0.4, -0.2) is 48.5 Å². The van der Waals surface area contributed by atoms with Gasteiger partial charge in [0.25, 0.3) is 0 Å². The molecule has 0 aliphatic carbocycles. The number of benzene rings is 2. The van der Waals surface area contributed by atoms with Crippen LogP contribution in [0.2, 0.25) is 5.02 Å². The van der Waals surface area contributed by atoms with E-state index in [1.54, 1.807) is 24.3 Å². The zero-order valence-electron chi connectivity index (χ0n) is 15.9. The van der Waals surface area contributed by atoms with Gasteiger partial charge in [-0.2, -0.15) is 0 Å². The van der Waals surface area contributed by atoms with Crippen molar-refractivity contribution in [1.29, 1.82) is 0 Å². The summed E-state index contributed by atoms with van der Waals surface area (Å²) in [5.41, 5.74) is 0.547. The number of nitrogens with zero attached hydrogens (tertiary/aromatic N) is 1. The topological polar surface area (TPSA) is 94.2 Å². The van der Waals surface area contributed by atoms with E-state index in [4.69, 9.17) is 25.8 Å². The zero-order chi connectivity index (χ0) is 20.9. The van der Waals surface area contributed by atoms with E-state index in [0.717, 1.165) is 10.6 Å². The third-order valence-electron chi connectivity index (χ3n) is 3.79. The van der Waals surface area contributed by atoms with E-state index in [1.807, 2.05) is 0 Å². The maximum Gasteiger partial charge on any atom is 0.245 e. The molecule has 1 N–H and O–H groups in total. The van der Waals surface area contributed by atoms with Gasteiger partial charge < -0.3 is 19.5 Å². The smallest absolute Gasteiger partial charge is 0.245 e. The molecule has 10 heteroatoms. The van der Waals surface area contributed by atoms with Gasteiger partial charge in [-0.1, -0.05) is 23.7 Å². The monoisotopic (exact) mass is 428 g/mol. The molecule has 0 aromatic heterocycles. The Morgan fingerprint density at radius 2 is 1.64 bits per heavy atom. The number of amides is 1. The molecule has 0 radical (unpaired) electrons. The number of carbonyl (C=O) groups excluding carboxylic acids is 1. The predicted octanol–water partition coefficient (Wildman–Crippen LogP) is 2.77. The Hall–Kier alpha value is -2.65. The number of sulfonamides is 1. The first-order valence-corrected chi connectivity index (χ1v) is 10.3. The summed E-state index contributed by atoms with van der Waals surface area (Å²) in [4.78, 5) is 12.6. The van der Waals surface area contributed by atoms with Gasteiger partial charge in [0.05, 0.1) is 44.0 Å². The van der Waals surface area contributed by atoms with Crippen molar-refractivity contribution >= 4 is 38.9 Å². The molecule has 8 nitrogen and oxygen atoms in total. The highest BCUT2D eigenvalue weighted by atomic mass is 35.5. The van der Waals surface area contributed by atoms with Crippen molar-refractivity contribution in [1.82, 2.24) is 0 Å². The molecular formula is C18H21ClN2O6S. The average Bonchev–Trinajstić information content (AvgIpc) is 2.65. The Balaban J connectivity index is 2.39. The Morgan fingerprint density at radius 1 is 1.04 bits per heavy atom. The lowest BCUT2D eigenvalue weighted by atomic mass is 10.2. The molecule has 0 unspecified atom stereocenters. The first-order chi connectivity index (χ1) is 13.2. The van der Waals surface area contributed by atoms with Gasteiger partial charge in [-0.3, -0.25) is 9.10 Å². The number of para-hydroxylation sites is 2. The summed E-state index contributed by atoms with van der Waals surface area (Å²) in [5, 5.41) is 2.89. The van der Waals surface area contributed by atoms with Gasteiger partial charge in [0.15, 0.2) is 0 Å². The second kappa shape index (κ2) is 9.03. The minimum Gasteiger partial charge on any atom is -0.495 e. The second-order valence-electron chi connectivity index (χ2n) is 5.68. The number of nitrogens with one attached hydrogen (secondary N) is 1. The number of rotatable bonds is 8. The van der Waals surface area contributed by atoms with Crippen LogP contribution in [0.1, 0.15) is 0 Å². The summed E-state index contributed by atoms with van der Waals surface area (Å²) in [6, 6.07) is 9.62. The normalized spacial score (nSPS) is 10.9. The van der Waals surface area contributed by atoms with Gasteiger partial charge in [0.1, 0.15) is 23.8 Å². The fraction of sp³-hybridized carbons (Fsp3) is 0.278. The van der Waals surface area contributed by atoms with Crippen LogP contribution in [0.15, 0.2) is 36.4 Å². The van der Waals surface area contributed by atoms with Gasteiger partial charge in [0.2, 0.25) is 15.9 Å². The molecule has 2 aromatic carbocycles. The lowest BCUT2D eigenvalue weighted by Crippen LogP contribution is -2.37. The third kappa shape index (κ3) is 4.99. The Morgan fingerprint density at radius 3 is 2.21 bits per heavy atom. The van der Waals surface area contributed by atoms with Crippen molar-refractivity contribution in [2.45, 2.75) is 0 Å². The molecule has 0 aliphatic rings. The largest absolute Gasteiger partial charge is 0.495 e. The molecular weight excluding hydrogens is 408 g/mol. The van der Waals surface area contributed by atoms with E-state index < -0.39 is 22.5 Å². The first-order valence-electron chi connectivity index (χ1n) is 8.03. The molecule has 152 valence electrons. The van der Waals surface area contributed by atoms with Crippen molar-refractivity contribution in [3.63, 3.8) is 0 Å². The molecule has 0 fully saturated rings. The van der Waals surface area contributed by atoms with Crippen LogP contribution in [0.25, 0.3) is 0 Å². The molecule has 2 aromatic rings. The van der Waals surface area contributed by atoms with Gasteiger partial charge >= 0.3 is 0 Å². The highest BCUT2D eigenvalue weighted by Gasteiger charge is 2.26. The van der Waals surface area contributed by atoms with Crippen LogP contribution >= 0.6 is 11.6 Å². The number of hydrogen-bond donors (Lipinski definition) is 1. The SMILES string of the molecule is COc1cc(N(CC(=O)Nc2ccccc2OC)S(C)(=O)=O)c(OC)cc1Cl. The number of ether oxygens (including phenoxy) is 3. The van der Waals surface area contributed by atoms with E-state index in [2.05, 4.69) is 5.32 Å². The highest BCUT2D eigenvalue weighted by molar-refractivity contribution is 7.92. The van der Waals surface area contributed by atoms with Crippen molar-refractivity contribution in [2.24, 2.45) is 0 Å². The molecule has 0 atom stereocenters. The van der Waals surface area contributed by atoms with Gasteiger partial charge in [0, 0.05) is 12.1 Å². The molecule has 0 saturated carbocycles. The fourth-order valence-corrected chi connectivity index (χ4v) is 3.57. The number of halogens is 1. The quantitative estimate of drug-likeness (QED) is 0.694. The van der Waals surface area contributed by atoms with Crippen LogP contribution in [0.3, 0.4) is 0 Å². The van der Waals surface area contributed by atoms with Crippen LogP contribution in [0.4, 0.5) is 11.4 Å². The van der Waals surface area contributed by atoms with Gasteiger partial charge in [-0.25, -0.2) is 8.42 Å². The number of methoxy groups -OCH3 is 3. The van der Waals surface area contributed by atoms with Crippen LogP contribution < -0.4 is 23.8 Å². The van der Waals surface area contributed by atoms with E-state index in [0.29, 0.717) is 11.4 Å². The highest BCUT2D eigenvalue weighted by Crippen LogP contribution is 2.39. The maximum absolute atomic E-state index is 12.6. The standard InChI is InChI=1S/C18H21ClN2O6S/c1-25-15-8-6-5-7-13(15)20-18(22)11-21(28(4,23)24)14-10-16(26-2)12(19)9-17(14)27-3/h5-10H,11H2,1-4H3,(H,20,22). The molecule has 0 aliphatic heterocycles. The molecule has 0 heterocycles. The zero-order valence-corrected chi connectivity index (χ0v) is 17.4. The lowest BCUT2D eigenvalue weighted by molar-refractivity contribution is -0.114. The van der Waals surface area contributed by atoms with Crippen LogP contribution in [0.5, 0.6) is 17.2 Å². The number of carbonyl (C=O) groups is 1. The first kappa shape index (κ1) is 21.6. The lowest BCUT2D eigenvalue weighted by Gasteiger charge is -2.24. The van der Waals surface area contributed by atoms with E-state index in [1.165, 1.54) is 33.5 Å². The Bertz CT molecular complexity index is 965. The van der Waals surface area contributed by atoms with Crippen molar-refractivity contribution in [2.75, 3.05) is 43.8 Å². The van der Waals surface area contributed by atoms with Crippen molar-refractivity contribution in [3.05, 3.63) is 41.4 Å². The average molecular weight is 429 g/mol. The predicted molar refractivity (Wildman–Crippen MR) is 108 cm³/mol. The van der Waals surface area contributed by atoms with E-state index in [9.17, 15) is 13.2 Å². The molecule has 0 spiro atoms. The molecule has 28 heavy (non-hydrogen) atoms. The number of anilines is 2. The second-order valence-corrected chi connectivity index (χ2v) is 7.99. The maximum atomic E-state index is 12.6. The van der Waals surface area contributed by atoms with E-state index >= 15 is 0 Å². The summed E-state index contributed by atoms with van der Waals surface area (Å²) < 4.78 is 41.3. The minimum absolute atomic E-state index is 0.126. The summed E-state index contributed by atoms with van der Waals surface area (Å²) in [7, 11) is 0.414. The Labute approximate surface area is 169 Å². The van der Waals surface area contributed by atoms with Gasteiger partial charge in [-0.15, -0.1) is 0 Å². The van der Waals surface area contributed by atoms with Crippen LogP contribution in [0, 0.1) is 0 Å². The van der Waals surface area contributed by atoms with E-state index in [-0.39, 0.29) is 22.2 Å².